The van der Waals surface area contributed by atoms with Crippen molar-refractivity contribution in [1.82, 2.24) is 20.2 Å². The van der Waals surface area contributed by atoms with Crippen molar-refractivity contribution >= 4 is 27.8 Å². The number of hydrogen-bond acceptors (Lipinski definition) is 8. The number of hydrogen-bond donors (Lipinski definition) is 1. The molecule has 1 aliphatic rings. The predicted octanol–water partition coefficient (Wildman–Crippen LogP) is 5.06. The quantitative estimate of drug-likeness (QED) is 0.298. The van der Waals surface area contributed by atoms with Crippen LogP contribution in [0.15, 0.2) is 88.5 Å². The van der Waals surface area contributed by atoms with E-state index in [-0.39, 0.29) is 6.61 Å². The molecule has 5 rings (SSSR count). The van der Waals surface area contributed by atoms with Gasteiger partial charge < -0.3 is 19.5 Å². The van der Waals surface area contributed by atoms with Gasteiger partial charge in [0.2, 0.25) is 5.95 Å². The number of allylic oxidation sites excluding steroid dienone is 1. The molecule has 2 heterocycles. The van der Waals surface area contributed by atoms with E-state index in [1.165, 1.54) is 0 Å². The summed E-state index contributed by atoms with van der Waals surface area (Å²) in [7, 11) is 1.58. The molecular formula is C27H24BrN5O4. The van der Waals surface area contributed by atoms with Gasteiger partial charge in [-0.05, 0) is 58.3 Å². The SMILES string of the molecule is COc1cc(C2C(C(=O)OCc3ccccc3)=C(C)Nc3nnnn32)ccc1OCc1cccc(Br)c1. The highest BCUT2D eigenvalue weighted by molar-refractivity contribution is 9.10. The van der Waals surface area contributed by atoms with Gasteiger partial charge in [0.15, 0.2) is 11.5 Å². The maximum Gasteiger partial charge on any atom is 0.338 e. The van der Waals surface area contributed by atoms with Crippen molar-refractivity contribution in [2.24, 2.45) is 0 Å². The van der Waals surface area contributed by atoms with Gasteiger partial charge in [-0.15, -0.1) is 0 Å². The van der Waals surface area contributed by atoms with E-state index in [4.69, 9.17) is 14.2 Å². The predicted molar refractivity (Wildman–Crippen MR) is 140 cm³/mol. The molecule has 1 N–H and O–H groups in total. The number of halogens is 1. The number of nitrogens with one attached hydrogen (secondary N) is 1. The van der Waals surface area contributed by atoms with Crippen molar-refractivity contribution in [2.75, 3.05) is 12.4 Å². The van der Waals surface area contributed by atoms with E-state index in [1.54, 1.807) is 18.7 Å². The molecule has 0 bridgehead atoms. The van der Waals surface area contributed by atoms with Crippen LogP contribution in [0.1, 0.15) is 29.7 Å². The van der Waals surface area contributed by atoms with E-state index in [1.807, 2.05) is 72.8 Å². The van der Waals surface area contributed by atoms with Crippen LogP contribution in [0.5, 0.6) is 11.5 Å². The normalized spacial score (nSPS) is 14.5. The van der Waals surface area contributed by atoms with Gasteiger partial charge >= 0.3 is 5.97 Å². The highest BCUT2D eigenvalue weighted by Crippen LogP contribution is 2.39. The molecule has 0 fully saturated rings. The average molecular weight is 562 g/mol. The summed E-state index contributed by atoms with van der Waals surface area (Å²) in [6.07, 6.45) is 0. The summed E-state index contributed by atoms with van der Waals surface area (Å²) < 4.78 is 19.9. The largest absolute Gasteiger partial charge is 0.493 e. The molecule has 4 aromatic rings. The summed E-state index contributed by atoms with van der Waals surface area (Å²) in [5.41, 5.74) is 3.66. The first-order chi connectivity index (χ1) is 18.0. The number of benzene rings is 3. The van der Waals surface area contributed by atoms with E-state index in [0.717, 1.165) is 21.2 Å². The molecule has 0 amide bonds. The number of anilines is 1. The zero-order chi connectivity index (χ0) is 25.8. The summed E-state index contributed by atoms with van der Waals surface area (Å²) >= 11 is 3.48. The van der Waals surface area contributed by atoms with Gasteiger partial charge in [-0.2, -0.15) is 4.68 Å². The van der Waals surface area contributed by atoms with Crippen LogP contribution in [0.25, 0.3) is 0 Å². The molecule has 1 aromatic heterocycles. The number of esters is 1. The number of tetrazole rings is 1. The molecule has 10 heteroatoms. The monoisotopic (exact) mass is 561 g/mol. The standard InChI is InChI=1S/C27H24BrN5O4/c1-17-24(26(34)37-15-18-7-4-3-5-8-18)25(33-27(29-17)30-31-32-33)20-11-12-22(23(14-20)35-2)36-16-19-9-6-10-21(28)13-19/h3-14,25H,15-16H2,1-2H3,(H,29,30,32). The van der Waals surface area contributed by atoms with Crippen LogP contribution < -0.4 is 14.8 Å². The number of methoxy groups -OCH3 is 1. The number of ether oxygens (including phenoxy) is 3. The van der Waals surface area contributed by atoms with E-state index in [2.05, 4.69) is 36.8 Å². The first-order valence-corrected chi connectivity index (χ1v) is 12.3. The second-order valence-corrected chi connectivity index (χ2v) is 9.32. The molecule has 0 saturated heterocycles. The highest BCUT2D eigenvalue weighted by atomic mass is 79.9. The molecule has 3 aromatic carbocycles. The van der Waals surface area contributed by atoms with Crippen LogP contribution in [0.4, 0.5) is 5.95 Å². The van der Waals surface area contributed by atoms with Gasteiger partial charge in [0, 0.05) is 10.2 Å². The highest BCUT2D eigenvalue weighted by Gasteiger charge is 2.35. The summed E-state index contributed by atoms with van der Waals surface area (Å²) in [5.74, 6) is 1.06. The molecule has 37 heavy (non-hydrogen) atoms. The topological polar surface area (TPSA) is 100 Å². The molecule has 1 unspecified atom stereocenters. The zero-order valence-corrected chi connectivity index (χ0v) is 21.8. The van der Waals surface area contributed by atoms with E-state index in [0.29, 0.717) is 35.3 Å². The van der Waals surface area contributed by atoms with E-state index in [9.17, 15) is 4.79 Å². The lowest BCUT2D eigenvalue weighted by Gasteiger charge is -2.28. The molecule has 1 atom stereocenters. The van der Waals surface area contributed by atoms with Crippen molar-refractivity contribution in [3.05, 3.63) is 105 Å². The van der Waals surface area contributed by atoms with Crippen LogP contribution in [-0.4, -0.2) is 33.3 Å². The molecule has 0 saturated carbocycles. The summed E-state index contributed by atoms with van der Waals surface area (Å²) in [6, 6.07) is 22.3. The average Bonchev–Trinajstić information content (AvgIpc) is 3.38. The van der Waals surface area contributed by atoms with Gasteiger partial charge in [-0.1, -0.05) is 69.6 Å². The van der Waals surface area contributed by atoms with Crippen molar-refractivity contribution < 1.29 is 19.0 Å². The van der Waals surface area contributed by atoms with E-state index >= 15 is 0 Å². The Hall–Kier alpha value is -4.18. The Balaban J connectivity index is 1.43. The fraction of sp³-hybridized carbons (Fsp3) is 0.185. The minimum atomic E-state index is -0.623. The summed E-state index contributed by atoms with van der Waals surface area (Å²) in [5, 5.41) is 15.1. The third-order valence-electron chi connectivity index (χ3n) is 5.93. The van der Waals surface area contributed by atoms with Gasteiger partial charge in [0.25, 0.3) is 0 Å². The maximum atomic E-state index is 13.3. The smallest absolute Gasteiger partial charge is 0.338 e. The first kappa shape index (κ1) is 24.5. The third-order valence-corrected chi connectivity index (χ3v) is 6.43. The van der Waals surface area contributed by atoms with Gasteiger partial charge in [0.05, 0.1) is 12.7 Å². The van der Waals surface area contributed by atoms with Crippen molar-refractivity contribution in [3.63, 3.8) is 0 Å². The molecular weight excluding hydrogens is 538 g/mol. The molecule has 0 aliphatic carbocycles. The zero-order valence-electron chi connectivity index (χ0n) is 20.2. The van der Waals surface area contributed by atoms with Crippen molar-refractivity contribution in [2.45, 2.75) is 26.2 Å². The van der Waals surface area contributed by atoms with Crippen LogP contribution in [0, 0.1) is 0 Å². The van der Waals surface area contributed by atoms with Crippen molar-refractivity contribution in [3.8, 4) is 11.5 Å². The molecule has 1 aliphatic heterocycles. The lowest BCUT2D eigenvalue weighted by Crippen LogP contribution is -2.29. The lowest BCUT2D eigenvalue weighted by atomic mass is 9.95. The molecule has 0 radical (unpaired) electrons. The Morgan fingerprint density at radius 2 is 1.81 bits per heavy atom. The molecule has 188 valence electrons. The minimum Gasteiger partial charge on any atom is -0.493 e. The number of carbonyl (C=O) groups is 1. The fourth-order valence-corrected chi connectivity index (χ4v) is 4.59. The number of carbonyl (C=O) groups excluding carboxylic acids is 1. The second kappa shape index (κ2) is 10.8. The van der Waals surface area contributed by atoms with Crippen LogP contribution in [-0.2, 0) is 22.7 Å². The van der Waals surface area contributed by atoms with Crippen LogP contribution in [0.2, 0.25) is 0 Å². The number of fused-ring (bicyclic) bond motifs is 1. The summed E-state index contributed by atoms with van der Waals surface area (Å²) in [6.45, 7) is 2.32. The Bertz CT molecular complexity index is 1450. The number of nitrogens with zero attached hydrogens (tertiary/aromatic N) is 4. The Morgan fingerprint density at radius 3 is 2.59 bits per heavy atom. The Kier molecular flexibility index (Phi) is 7.18. The summed E-state index contributed by atoms with van der Waals surface area (Å²) in [4.78, 5) is 13.3. The van der Waals surface area contributed by atoms with Crippen molar-refractivity contribution in [1.29, 1.82) is 0 Å². The molecule has 0 spiro atoms. The fourth-order valence-electron chi connectivity index (χ4n) is 4.15. The Morgan fingerprint density at radius 1 is 1.00 bits per heavy atom. The minimum absolute atomic E-state index is 0.150. The van der Waals surface area contributed by atoms with Crippen LogP contribution in [0.3, 0.4) is 0 Å². The lowest BCUT2D eigenvalue weighted by molar-refractivity contribution is -0.140. The third kappa shape index (κ3) is 5.34. The Labute approximate surface area is 222 Å². The van der Waals surface area contributed by atoms with Gasteiger partial charge in [0.1, 0.15) is 19.3 Å². The number of rotatable bonds is 8. The molecule has 9 nitrogen and oxygen atoms in total. The number of aromatic nitrogens is 4. The van der Waals surface area contributed by atoms with Crippen LogP contribution >= 0.6 is 15.9 Å². The second-order valence-electron chi connectivity index (χ2n) is 8.40. The first-order valence-electron chi connectivity index (χ1n) is 11.6. The van der Waals surface area contributed by atoms with Gasteiger partial charge in [-0.3, -0.25) is 0 Å². The maximum absolute atomic E-state index is 13.3. The van der Waals surface area contributed by atoms with E-state index < -0.39 is 12.0 Å². The van der Waals surface area contributed by atoms with Gasteiger partial charge in [-0.25, -0.2) is 4.79 Å².